The molecular weight excluding hydrogens is 254 g/mol. The van der Waals surface area contributed by atoms with E-state index in [1.165, 1.54) is 12.8 Å². The van der Waals surface area contributed by atoms with Crippen LogP contribution in [0.1, 0.15) is 44.6 Å². The number of carbonyl (C=O) groups is 1. The van der Waals surface area contributed by atoms with Crippen LogP contribution in [0, 0.1) is 0 Å². The number of piperidine rings is 1. The molecule has 2 rings (SSSR count). The van der Waals surface area contributed by atoms with Gasteiger partial charge in [-0.05, 0) is 43.4 Å². The van der Waals surface area contributed by atoms with E-state index in [2.05, 4.69) is 24.5 Å². The smallest absolute Gasteiger partial charge is 0.227 e. The summed E-state index contributed by atoms with van der Waals surface area (Å²) in [7, 11) is 0. The van der Waals surface area contributed by atoms with E-state index in [9.17, 15) is 4.79 Å². The van der Waals surface area contributed by atoms with Crippen molar-refractivity contribution in [3.63, 3.8) is 0 Å². The molecule has 1 unspecified atom stereocenters. The number of rotatable bonds is 4. The summed E-state index contributed by atoms with van der Waals surface area (Å²) in [6.07, 6.45) is 6.41. The minimum Gasteiger partial charge on any atom is -0.339 e. The summed E-state index contributed by atoms with van der Waals surface area (Å²) in [6.45, 7) is 3.14. The Bertz CT molecular complexity index is 413. The van der Waals surface area contributed by atoms with Crippen LogP contribution in [0.2, 0.25) is 0 Å². The van der Waals surface area contributed by atoms with E-state index >= 15 is 0 Å². The van der Waals surface area contributed by atoms with Crippen molar-refractivity contribution in [2.45, 2.75) is 56.4 Å². The van der Waals surface area contributed by atoms with Crippen LogP contribution in [0.4, 0.5) is 0 Å². The van der Waals surface area contributed by atoms with E-state index in [4.69, 9.17) is 0 Å². The Balaban J connectivity index is 1.99. The molecule has 1 aromatic rings. The van der Waals surface area contributed by atoms with Gasteiger partial charge in [-0.1, -0.05) is 25.5 Å². The molecule has 19 heavy (non-hydrogen) atoms. The fourth-order valence-electron chi connectivity index (χ4n) is 2.85. The second kappa shape index (κ2) is 6.99. The maximum atomic E-state index is 12.4. The molecule has 1 fully saturated rings. The van der Waals surface area contributed by atoms with Gasteiger partial charge in [-0.25, -0.2) is 0 Å². The van der Waals surface area contributed by atoms with Crippen molar-refractivity contribution in [1.29, 1.82) is 0 Å². The minimum absolute atomic E-state index is 0.282. The van der Waals surface area contributed by atoms with Crippen LogP contribution in [-0.4, -0.2) is 23.4 Å². The molecule has 1 aliphatic rings. The highest BCUT2D eigenvalue weighted by molar-refractivity contribution is 7.80. The number of thiol groups is 1. The molecule has 0 spiro atoms. The Morgan fingerprint density at radius 2 is 2.05 bits per heavy atom. The quantitative estimate of drug-likeness (QED) is 0.832. The molecule has 1 amide bonds. The van der Waals surface area contributed by atoms with Crippen molar-refractivity contribution < 1.29 is 4.79 Å². The van der Waals surface area contributed by atoms with Crippen molar-refractivity contribution in [3.05, 3.63) is 29.8 Å². The molecular formula is C16H23NOS. The average Bonchev–Trinajstić information content (AvgIpc) is 2.42. The van der Waals surface area contributed by atoms with Crippen molar-refractivity contribution in [2.75, 3.05) is 6.54 Å². The van der Waals surface area contributed by atoms with Gasteiger partial charge in [-0.15, -0.1) is 12.6 Å². The van der Waals surface area contributed by atoms with Gasteiger partial charge in [0.15, 0.2) is 0 Å². The molecule has 3 heteroatoms. The maximum absolute atomic E-state index is 12.4. The van der Waals surface area contributed by atoms with Gasteiger partial charge >= 0.3 is 0 Å². The third kappa shape index (κ3) is 4.00. The zero-order valence-electron chi connectivity index (χ0n) is 11.6. The lowest BCUT2D eigenvalue weighted by molar-refractivity contribution is -0.134. The molecule has 1 saturated heterocycles. The van der Waals surface area contributed by atoms with Gasteiger partial charge in [-0.3, -0.25) is 4.79 Å². The second-order valence-electron chi connectivity index (χ2n) is 5.37. The highest BCUT2D eigenvalue weighted by atomic mass is 32.1. The summed E-state index contributed by atoms with van der Waals surface area (Å²) in [5.74, 6) is 0.282. The highest BCUT2D eigenvalue weighted by Crippen LogP contribution is 2.22. The zero-order valence-corrected chi connectivity index (χ0v) is 12.5. The van der Waals surface area contributed by atoms with E-state index in [0.717, 1.165) is 36.3 Å². The van der Waals surface area contributed by atoms with Gasteiger partial charge in [-0.2, -0.15) is 0 Å². The minimum atomic E-state index is 0.282. The van der Waals surface area contributed by atoms with Crippen LogP contribution in [0.3, 0.4) is 0 Å². The molecule has 0 radical (unpaired) electrons. The number of hydrogen-bond donors (Lipinski definition) is 1. The molecule has 0 bridgehead atoms. The summed E-state index contributed by atoms with van der Waals surface area (Å²) in [4.78, 5) is 15.5. The number of amides is 1. The first kappa shape index (κ1) is 14.4. The standard InChI is InChI=1S/C16H23NOS/c1-2-5-14-6-3-4-11-17(14)16(18)12-13-7-9-15(19)10-8-13/h7-10,14,19H,2-6,11-12H2,1H3. The van der Waals surface area contributed by atoms with Crippen molar-refractivity contribution in [1.82, 2.24) is 4.90 Å². The van der Waals surface area contributed by atoms with Gasteiger partial charge in [0.1, 0.15) is 0 Å². The van der Waals surface area contributed by atoms with Gasteiger partial charge in [0.2, 0.25) is 5.91 Å². The first-order valence-corrected chi connectivity index (χ1v) is 7.73. The van der Waals surface area contributed by atoms with E-state index in [0.29, 0.717) is 12.5 Å². The van der Waals surface area contributed by atoms with Crippen LogP contribution in [-0.2, 0) is 11.2 Å². The van der Waals surface area contributed by atoms with Gasteiger partial charge < -0.3 is 4.90 Å². The molecule has 0 N–H and O–H groups in total. The molecule has 104 valence electrons. The SMILES string of the molecule is CCCC1CCCCN1C(=O)Cc1ccc(S)cc1. The van der Waals surface area contributed by atoms with Crippen molar-refractivity contribution in [2.24, 2.45) is 0 Å². The van der Waals surface area contributed by atoms with Crippen LogP contribution >= 0.6 is 12.6 Å². The van der Waals surface area contributed by atoms with E-state index in [1.807, 2.05) is 24.3 Å². The summed E-state index contributed by atoms with van der Waals surface area (Å²) in [5.41, 5.74) is 1.09. The summed E-state index contributed by atoms with van der Waals surface area (Å²) in [6, 6.07) is 8.37. The molecule has 1 aliphatic heterocycles. The summed E-state index contributed by atoms with van der Waals surface area (Å²) in [5, 5.41) is 0. The number of likely N-dealkylation sites (tertiary alicyclic amines) is 1. The lowest BCUT2D eigenvalue weighted by Gasteiger charge is -2.36. The fraction of sp³-hybridized carbons (Fsp3) is 0.562. The third-order valence-corrected chi connectivity index (χ3v) is 4.16. The van der Waals surface area contributed by atoms with Crippen LogP contribution in [0.5, 0.6) is 0 Å². The number of hydrogen-bond acceptors (Lipinski definition) is 2. The fourth-order valence-corrected chi connectivity index (χ4v) is 3.00. The molecule has 1 atom stereocenters. The monoisotopic (exact) mass is 277 g/mol. The van der Waals surface area contributed by atoms with Crippen LogP contribution in [0.25, 0.3) is 0 Å². The molecule has 0 aromatic heterocycles. The molecule has 1 heterocycles. The number of nitrogens with zero attached hydrogens (tertiary/aromatic N) is 1. The highest BCUT2D eigenvalue weighted by Gasteiger charge is 2.25. The number of benzene rings is 1. The number of carbonyl (C=O) groups excluding carboxylic acids is 1. The molecule has 0 saturated carbocycles. The Morgan fingerprint density at radius 1 is 1.32 bits per heavy atom. The Kier molecular flexibility index (Phi) is 5.32. The lowest BCUT2D eigenvalue weighted by Crippen LogP contribution is -2.44. The Morgan fingerprint density at radius 3 is 2.74 bits per heavy atom. The average molecular weight is 277 g/mol. The normalized spacial score (nSPS) is 19.5. The zero-order chi connectivity index (χ0) is 13.7. The first-order chi connectivity index (χ1) is 9.20. The summed E-state index contributed by atoms with van der Waals surface area (Å²) < 4.78 is 0. The van der Waals surface area contributed by atoms with Crippen molar-refractivity contribution >= 4 is 18.5 Å². The topological polar surface area (TPSA) is 20.3 Å². The van der Waals surface area contributed by atoms with Gasteiger partial charge in [0, 0.05) is 17.5 Å². The van der Waals surface area contributed by atoms with Gasteiger partial charge in [0.05, 0.1) is 6.42 Å². The van der Waals surface area contributed by atoms with Crippen LogP contribution < -0.4 is 0 Å². The van der Waals surface area contributed by atoms with E-state index in [1.54, 1.807) is 0 Å². The molecule has 2 nitrogen and oxygen atoms in total. The summed E-state index contributed by atoms with van der Waals surface area (Å²) >= 11 is 4.27. The Labute approximate surface area is 121 Å². The molecule has 0 aliphatic carbocycles. The van der Waals surface area contributed by atoms with E-state index in [-0.39, 0.29) is 5.91 Å². The van der Waals surface area contributed by atoms with Crippen LogP contribution in [0.15, 0.2) is 29.2 Å². The predicted molar refractivity (Wildman–Crippen MR) is 81.7 cm³/mol. The maximum Gasteiger partial charge on any atom is 0.227 e. The second-order valence-corrected chi connectivity index (χ2v) is 5.89. The predicted octanol–water partition coefficient (Wildman–Crippen LogP) is 3.70. The molecule has 1 aromatic carbocycles. The third-order valence-electron chi connectivity index (χ3n) is 3.86. The first-order valence-electron chi connectivity index (χ1n) is 7.28. The Hall–Kier alpha value is -0.960. The van der Waals surface area contributed by atoms with E-state index < -0.39 is 0 Å². The van der Waals surface area contributed by atoms with Crippen molar-refractivity contribution in [3.8, 4) is 0 Å². The van der Waals surface area contributed by atoms with Gasteiger partial charge in [0.25, 0.3) is 0 Å². The largest absolute Gasteiger partial charge is 0.339 e. The lowest BCUT2D eigenvalue weighted by atomic mass is 9.97.